The molecule has 0 atom stereocenters. The van der Waals surface area contributed by atoms with Crippen LogP contribution in [0.3, 0.4) is 0 Å². The molecule has 7 heteroatoms. The Labute approximate surface area is 175 Å². The highest BCUT2D eigenvalue weighted by molar-refractivity contribution is 7.16. The average molecular weight is 424 g/mol. The van der Waals surface area contributed by atoms with Gasteiger partial charge in [0.2, 0.25) is 0 Å². The third kappa shape index (κ3) is 4.08. The maximum Gasteiger partial charge on any atom is 0.279 e. The molecule has 0 aliphatic carbocycles. The molecule has 152 valence electrons. The van der Waals surface area contributed by atoms with Crippen molar-refractivity contribution in [3.63, 3.8) is 0 Å². The highest BCUT2D eigenvalue weighted by Crippen LogP contribution is 2.23. The summed E-state index contributed by atoms with van der Waals surface area (Å²) in [6.07, 6.45) is 0. The summed E-state index contributed by atoms with van der Waals surface area (Å²) in [7, 11) is 1.53. The van der Waals surface area contributed by atoms with Crippen molar-refractivity contribution in [1.82, 2.24) is 4.57 Å². The molecule has 0 fully saturated rings. The molecule has 0 saturated carbocycles. The van der Waals surface area contributed by atoms with Crippen LogP contribution in [-0.4, -0.2) is 24.2 Å². The Kier molecular flexibility index (Phi) is 5.83. The van der Waals surface area contributed by atoms with Crippen molar-refractivity contribution < 1.29 is 18.3 Å². The van der Waals surface area contributed by atoms with E-state index in [2.05, 4.69) is 4.99 Å². The normalized spacial score (nSPS) is 11.9. The van der Waals surface area contributed by atoms with Crippen LogP contribution < -0.4 is 4.80 Å². The lowest BCUT2D eigenvalue weighted by atomic mass is 10.0. The molecule has 0 aliphatic rings. The number of aromatic nitrogens is 1. The quantitative estimate of drug-likeness (QED) is 0.451. The summed E-state index contributed by atoms with van der Waals surface area (Å²) in [5.41, 5.74) is 2.66. The Bertz CT molecular complexity index is 1260. The predicted molar refractivity (Wildman–Crippen MR) is 113 cm³/mol. The fourth-order valence-electron chi connectivity index (χ4n) is 3.19. The van der Waals surface area contributed by atoms with Crippen molar-refractivity contribution in [3.05, 3.63) is 88.7 Å². The minimum atomic E-state index is -0.696. The van der Waals surface area contributed by atoms with Crippen molar-refractivity contribution in [1.29, 1.82) is 0 Å². The van der Waals surface area contributed by atoms with Gasteiger partial charge in [0, 0.05) is 25.3 Å². The minimum absolute atomic E-state index is 0.212. The van der Waals surface area contributed by atoms with Crippen molar-refractivity contribution in [2.24, 2.45) is 4.99 Å². The van der Waals surface area contributed by atoms with Crippen LogP contribution in [0.15, 0.2) is 71.7 Å². The number of amides is 1. The number of ether oxygens (including phenoxy) is 1. The molecule has 1 aromatic heterocycles. The summed E-state index contributed by atoms with van der Waals surface area (Å²) in [5.74, 6) is -1.82. The first-order valence-electron chi connectivity index (χ1n) is 9.28. The van der Waals surface area contributed by atoms with Gasteiger partial charge in [0.1, 0.15) is 5.82 Å². The fraction of sp³-hybridized carbons (Fsp3) is 0.130. The van der Waals surface area contributed by atoms with Crippen LogP contribution in [0, 0.1) is 11.6 Å². The van der Waals surface area contributed by atoms with Crippen LogP contribution in [0.25, 0.3) is 21.3 Å². The maximum atomic E-state index is 14.4. The zero-order valence-corrected chi connectivity index (χ0v) is 17.0. The number of thiazole rings is 1. The van der Waals surface area contributed by atoms with Gasteiger partial charge < -0.3 is 9.30 Å². The average Bonchev–Trinajstić information content (AvgIpc) is 3.09. The molecular formula is C23H18F2N2O2S. The lowest BCUT2D eigenvalue weighted by Crippen LogP contribution is -2.19. The third-order valence-electron chi connectivity index (χ3n) is 4.65. The Balaban J connectivity index is 1.73. The lowest BCUT2D eigenvalue weighted by molar-refractivity contribution is 0.0997. The Morgan fingerprint density at radius 3 is 2.43 bits per heavy atom. The van der Waals surface area contributed by atoms with Crippen LogP contribution in [0.4, 0.5) is 8.78 Å². The molecule has 4 rings (SSSR count). The Hall–Kier alpha value is -3.16. The van der Waals surface area contributed by atoms with Crippen LogP contribution in [0.1, 0.15) is 10.4 Å². The summed E-state index contributed by atoms with van der Waals surface area (Å²) in [4.78, 5) is 17.2. The van der Waals surface area contributed by atoms with E-state index in [0.29, 0.717) is 21.7 Å². The van der Waals surface area contributed by atoms with Crippen LogP contribution in [0.2, 0.25) is 0 Å². The lowest BCUT2D eigenvalue weighted by Gasteiger charge is -2.05. The highest BCUT2D eigenvalue weighted by Gasteiger charge is 2.14. The van der Waals surface area contributed by atoms with Gasteiger partial charge >= 0.3 is 0 Å². The molecule has 1 heterocycles. The van der Waals surface area contributed by atoms with E-state index in [1.807, 2.05) is 42.5 Å². The number of hydrogen-bond donors (Lipinski definition) is 0. The van der Waals surface area contributed by atoms with Gasteiger partial charge in [-0.15, -0.1) is 0 Å². The largest absolute Gasteiger partial charge is 0.383 e. The molecule has 0 saturated heterocycles. The minimum Gasteiger partial charge on any atom is -0.383 e. The number of rotatable bonds is 5. The van der Waals surface area contributed by atoms with E-state index in [1.165, 1.54) is 13.2 Å². The van der Waals surface area contributed by atoms with Crippen molar-refractivity contribution in [2.45, 2.75) is 6.54 Å². The highest BCUT2D eigenvalue weighted by atomic mass is 32.1. The smallest absolute Gasteiger partial charge is 0.279 e. The SMILES string of the molecule is COCCn1c(=NC(=O)c2ccc(-c3ccccc3)cc2)sc2cc(F)cc(F)c21. The van der Waals surface area contributed by atoms with E-state index >= 15 is 0 Å². The number of halogens is 2. The number of benzene rings is 3. The van der Waals surface area contributed by atoms with Crippen molar-refractivity contribution >= 4 is 27.5 Å². The van der Waals surface area contributed by atoms with E-state index in [0.717, 1.165) is 28.5 Å². The molecule has 3 aromatic carbocycles. The second-order valence-corrected chi connectivity index (χ2v) is 7.63. The number of fused-ring (bicyclic) bond motifs is 1. The molecule has 1 amide bonds. The van der Waals surface area contributed by atoms with Crippen molar-refractivity contribution in [3.8, 4) is 11.1 Å². The molecule has 0 radical (unpaired) electrons. The predicted octanol–water partition coefficient (Wildman–Crippen LogP) is 5.04. The van der Waals surface area contributed by atoms with Crippen LogP contribution >= 0.6 is 11.3 Å². The maximum absolute atomic E-state index is 14.4. The van der Waals surface area contributed by atoms with E-state index in [9.17, 15) is 13.6 Å². The van der Waals surface area contributed by atoms with E-state index < -0.39 is 17.5 Å². The number of carbonyl (C=O) groups is 1. The van der Waals surface area contributed by atoms with Gasteiger partial charge in [0.15, 0.2) is 10.6 Å². The first-order valence-corrected chi connectivity index (χ1v) is 10.1. The topological polar surface area (TPSA) is 43.6 Å². The zero-order chi connectivity index (χ0) is 21.1. The third-order valence-corrected chi connectivity index (χ3v) is 5.68. The van der Waals surface area contributed by atoms with Gasteiger partial charge in [-0.05, 0) is 29.3 Å². The molecule has 0 unspecified atom stereocenters. The van der Waals surface area contributed by atoms with Crippen molar-refractivity contribution in [2.75, 3.05) is 13.7 Å². The molecule has 0 bridgehead atoms. The van der Waals surface area contributed by atoms with Gasteiger partial charge in [0.25, 0.3) is 5.91 Å². The van der Waals surface area contributed by atoms with E-state index in [1.54, 1.807) is 16.7 Å². The van der Waals surface area contributed by atoms with E-state index in [-0.39, 0.29) is 12.1 Å². The summed E-state index contributed by atoms with van der Waals surface area (Å²) in [6, 6.07) is 19.0. The Morgan fingerprint density at radius 1 is 1.03 bits per heavy atom. The number of nitrogens with zero attached hydrogens (tertiary/aromatic N) is 2. The molecule has 0 N–H and O–H groups in total. The summed E-state index contributed by atoms with van der Waals surface area (Å²) < 4.78 is 35.0. The number of methoxy groups -OCH3 is 1. The molecule has 4 nitrogen and oxygen atoms in total. The van der Waals surface area contributed by atoms with Crippen LogP contribution in [-0.2, 0) is 11.3 Å². The standard InChI is InChI=1S/C23H18F2N2O2S/c1-29-12-11-27-21-19(25)13-18(24)14-20(21)30-23(27)26-22(28)17-9-7-16(8-10-17)15-5-3-2-4-6-15/h2-10,13-14H,11-12H2,1H3. The number of carbonyl (C=O) groups excluding carboxylic acids is 1. The van der Waals surface area contributed by atoms with Gasteiger partial charge in [-0.1, -0.05) is 53.8 Å². The first-order chi connectivity index (χ1) is 14.6. The summed E-state index contributed by atoms with van der Waals surface area (Å²) >= 11 is 1.07. The van der Waals surface area contributed by atoms with Gasteiger partial charge in [-0.25, -0.2) is 8.78 Å². The molecule has 0 aliphatic heterocycles. The molecule has 30 heavy (non-hydrogen) atoms. The van der Waals surface area contributed by atoms with E-state index in [4.69, 9.17) is 4.74 Å². The Morgan fingerprint density at radius 2 is 1.73 bits per heavy atom. The molecule has 0 spiro atoms. The van der Waals surface area contributed by atoms with Gasteiger partial charge in [0.05, 0.1) is 16.8 Å². The fourth-order valence-corrected chi connectivity index (χ4v) is 4.29. The summed E-state index contributed by atoms with van der Waals surface area (Å²) in [5, 5.41) is 0. The monoisotopic (exact) mass is 424 g/mol. The summed E-state index contributed by atoms with van der Waals surface area (Å²) in [6.45, 7) is 0.591. The number of hydrogen-bond acceptors (Lipinski definition) is 3. The zero-order valence-electron chi connectivity index (χ0n) is 16.1. The molecule has 4 aromatic rings. The first kappa shape index (κ1) is 20.1. The second-order valence-electron chi connectivity index (χ2n) is 6.62. The van der Waals surface area contributed by atoms with Gasteiger partial charge in [-0.3, -0.25) is 4.79 Å². The van der Waals surface area contributed by atoms with Gasteiger partial charge in [-0.2, -0.15) is 4.99 Å². The van der Waals surface area contributed by atoms with Crippen LogP contribution in [0.5, 0.6) is 0 Å². The molecular weight excluding hydrogens is 406 g/mol. The second kappa shape index (κ2) is 8.69.